The number of carbonyl (C=O) groups excluding carboxylic acids is 1. The summed E-state index contributed by atoms with van der Waals surface area (Å²) < 4.78 is 13.7. The molecule has 1 aromatic carbocycles. The first-order valence-corrected chi connectivity index (χ1v) is 14.0. The van der Waals surface area contributed by atoms with E-state index in [1.165, 1.54) is 31.5 Å². The number of hydrogen-bond acceptors (Lipinski definition) is 6. The average Bonchev–Trinajstić information content (AvgIpc) is 3.55. The molecule has 31 heavy (non-hydrogen) atoms. The van der Waals surface area contributed by atoms with E-state index >= 15 is 0 Å². The van der Waals surface area contributed by atoms with Gasteiger partial charge < -0.3 is 5.11 Å². The first-order chi connectivity index (χ1) is 15.1. The minimum atomic E-state index is -0.216. The Morgan fingerprint density at radius 3 is 2.71 bits per heavy atom. The molecule has 164 valence electrons. The molecule has 0 aliphatic carbocycles. The van der Waals surface area contributed by atoms with Crippen molar-refractivity contribution >= 4 is 63.0 Å². The second kappa shape index (κ2) is 11.2. The van der Waals surface area contributed by atoms with E-state index in [-0.39, 0.29) is 20.5 Å². The summed E-state index contributed by atoms with van der Waals surface area (Å²) in [6.07, 6.45) is 4.57. The fourth-order valence-corrected chi connectivity index (χ4v) is 8.92. The maximum Gasteiger partial charge on any atom is 0.0319 e. The standard InChI is InChI=1S/C22H21NO3SSe2.CH4O/c1-4-23-16-13-14(25-2)5-9-18(16)29-21(23)12-7-15-6-8-17(27-15)19-10-11-20(28-19)22(24)26-3;1-2/h5-13,21H,4H2,1-3H3;2H,1H3/b12-7+;. The molecule has 0 bridgehead atoms. The van der Waals surface area contributed by atoms with Gasteiger partial charge in [0.2, 0.25) is 0 Å². The van der Waals surface area contributed by atoms with Crippen LogP contribution >= 0.6 is 11.3 Å². The second-order valence-electron chi connectivity index (χ2n) is 6.34. The maximum atomic E-state index is 11.7. The Balaban J connectivity index is 0.00000132. The summed E-state index contributed by atoms with van der Waals surface area (Å²) in [6.45, 7) is 3.18. The molecule has 0 spiro atoms. The van der Waals surface area contributed by atoms with Gasteiger partial charge in [0.05, 0.1) is 0 Å². The third kappa shape index (κ3) is 5.35. The Bertz CT molecular complexity index is 1060. The third-order valence-corrected chi connectivity index (χ3v) is 11.0. The summed E-state index contributed by atoms with van der Waals surface area (Å²) in [5, 5.41) is 7.00. The van der Waals surface area contributed by atoms with Crippen molar-refractivity contribution < 1.29 is 19.4 Å². The van der Waals surface area contributed by atoms with Crippen molar-refractivity contribution in [2.75, 3.05) is 32.8 Å². The number of thiophene rings is 1. The van der Waals surface area contributed by atoms with Crippen LogP contribution in [0, 0.1) is 0 Å². The number of benzene rings is 1. The van der Waals surface area contributed by atoms with Crippen molar-refractivity contribution in [3.05, 3.63) is 57.9 Å². The third-order valence-electron chi connectivity index (χ3n) is 4.66. The monoisotopic (exact) mass is 571 g/mol. The zero-order valence-corrected chi connectivity index (χ0v) is 22.1. The van der Waals surface area contributed by atoms with E-state index in [4.69, 9.17) is 14.6 Å². The van der Waals surface area contributed by atoms with Gasteiger partial charge in [0.25, 0.3) is 0 Å². The van der Waals surface area contributed by atoms with Gasteiger partial charge in [-0.05, 0) is 0 Å². The smallest absolute Gasteiger partial charge is 0.0319 e. The number of esters is 1. The van der Waals surface area contributed by atoms with Crippen LogP contribution in [0.4, 0.5) is 5.69 Å². The van der Waals surface area contributed by atoms with Gasteiger partial charge in [0.15, 0.2) is 0 Å². The summed E-state index contributed by atoms with van der Waals surface area (Å²) in [5.74, 6) is 0.699. The first kappa shape index (κ1) is 23.9. The van der Waals surface area contributed by atoms with E-state index in [9.17, 15) is 4.79 Å². The van der Waals surface area contributed by atoms with Crippen molar-refractivity contribution in [1.82, 2.24) is 0 Å². The molecule has 1 unspecified atom stereocenters. The Labute approximate surface area is 199 Å². The number of ether oxygens (including phenoxy) is 2. The van der Waals surface area contributed by atoms with Crippen LogP contribution in [0.1, 0.15) is 21.0 Å². The summed E-state index contributed by atoms with van der Waals surface area (Å²) in [5.41, 5.74) is 1.30. The number of rotatable bonds is 6. The molecule has 0 saturated carbocycles. The average molecular weight is 569 g/mol. The molecule has 0 radical (unpaired) electrons. The number of anilines is 1. The predicted molar refractivity (Wildman–Crippen MR) is 130 cm³/mol. The number of methoxy groups -OCH3 is 2. The molecule has 0 fully saturated rings. The second-order valence-corrected chi connectivity index (χ2v) is 12.2. The molecule has 3 heterocycles. The van der Waals surface area contributed by atoms with Gasteiger partial charge in [0.1, 0.15) is 0 Å². The van der Waals surface area contributed by atoms with E-state index in [1.807, 2.05) is 6.07 Å². The van der Waals surface area contributed by atoms with Crippen LogP contribution in [0.25, 0.3) is 15.4 Å². The van der Waals surface area contributed by atoms with Crippen LogP contribution in [0.3, 0.4) is 0 Å². The van der Waals surface area contributed by atoms with E-state index in [0.29, 0.717) is 19.9 Å². The SMILES string of the molecule is CCN1c2cc(OC)ccc2[Se]C1/C=C/c1ccc(-c2ccc(C(=O)OC)[se]2)s1.CO. The van der Waals surface area contributed by atoms with E-state index in [0.717, 1.165) is 23.8 Å². The quantitative estimate of drug-likeness (QED) is 0.366. The van der Waals surface area contributed by atoms with E-state index in [2.05, 4.69) is 60.4 Å². The van der Waals surface area contributed by atoms with Gasteiger partial charge in [0, 0.05) is 7.11 Å². The van der Waals surface area contributed by atoms with Gasteiger partial charge >= 0.3 is 188 Å². The molecule has 1 aliphatic heterocycles. The number of aliphatic hydroxyl groups excluding tert-OH is 1. The van der Waals surface area contributed by atoms with Crippen LogP contribution in [-0.2, 0) is 4.74 Å². The predicted octanol–water partition coefficient (Wildman–Crippen LogP) is 3.08. The molecular weight excluding hydrogens is 544 g/mol. The zero-order chi connectivity index (χ0) is 22.4. The summed E-state index contributed by atoms with van der Waals surface area (Å²) in [6, 6.07) is 14.7. The van der Waals surface area contributed by atoms with Crippen molar-refractivity contribution in [1.29, 1.82) is 0 Å². The molecule has 4 rings (SSSR count). The van der Waals surface area contributed by atoms with Crippen molar-refractivity contribution in [3.63, 3.8) is 0 Å². The van der Waals surface area contributed by atoms with Crippen LogP contribution in [0.15, 0.2) is 48.5 Å². The van der Waals surface area contributed by atoms with Crippen molar-refractivity contribution in [2.45, 2.75) is 11.9 Å². The largest absolute Gasteiger partial charge is 0.400 e. The van der Waals surface area contributed by atoms with Gasteiger partial charge in [-0.2, -0.15) is 0 Å². The number of nitrogens with zero attached hydrogens (tertiary/aromatic N) is 1. The number of carbonyl (C=O) groups is 1. The fourth-order valence-electron chi connectivity index (χ4n) is 3.21. The minimum absolute atomic E-state index is 0.0210. The van der Waals surface area contributed by atoms with Gasteiger partial charge in [-0.25, -0.2) is 0 Å². The van der Waals surface area contributed by atoms with Crippen molar-refractivity contribution in [3.8, 4) is 15.1 Å². The zero-order valence-electron chi connectivity index (χ0n) is 17.8. The Morgan fingerprint density at radius 2 is 2.00 bits per heavy atom. The number of likely N-dealkylation sites (N-methyl/N-ethyl adjacent to an activating group) is 1. The molecule has 5 nitrogen and oxygen atoms in total. The molecule has 1 aliphatic rings. The van der Waals surface area contributed by atoms with Gasteiger partial charge in [-0.1, -0.05) is 0 Å². The molecule has 8 heteroatoms. The summed E-state index contributed by atoms with van der Waals surface area (Å²) in [7, 11) is 4.15. The maximum absolute atomic E-state index is 11.7. The number of hydrogen-bond donors (Lipinski definition) is 1. The summed E-state index contributed by atoms with van der Waals surface area (Å²) >= 11 is 2.18. The van der Waals surface area contributed by atoms with Crippen LogP contribution in [-0.4, -0.2) is 73.4 Å². The topological polar surface area (TPSA) is 59.0 Å². The van der Waals surface area contributed by atoms with E-state index < -0.39 is 0 Å². The summed E-state index contributed by atoms with van der Waals surface area (Å²) in [4.78, 5) is 17.1. The van der Waals surface area contributed by atoms with Gasteiger partial charge in [-0.15, -0.1) is 0 Å². The Kier molecular flexibility index (Phi) is 8.61. The van der Waals surface area contributed by atoms with Crippen LogP contribution < -0.4 is 14.1 Å². The molecule has 1 N–H and O–H groups in total. The van der Waals surface area contributed by atoms with Crippen LogP contribution in [0.5, 0.6) is 5.75 Å². The van der Waals surface area contributed by atoms with Gasteiger partial charge in [-0.3, -0.25) is 0 Å². The molecule has 2 aromatic heterocycles. The molecule has 3 aromatic rings. The molecule has 1 atom stereocenters. The number of fused-ring (bicyclic) bond motifs is 1. The van der Waals surface area contributed by atoms with Crippen LogP contribution in [0.2, 0.25) is 0 Å². The fraction of sp³-hybridized carbons (Fsp3) is 0.261. The van der Waals surface area contributed by atoms with E-state index in [1.54, 1.807) is 18.4 Å². The first-order valence-electron chi connectivity index (χ1n) is 9.65. The molecule has 0 amide bonds. The Hall–Kier alpha value is -1.79. The number of aliphatic hydroxyl groups is 1. The van der Waals surface area contributed by atoms with Crippen molar-refractivity contribution in [2.24, 2.45) is 0 Å². The normalized spacial score (nSPS) is 14.9. The molecule has 0 saturated heterocycles. The minimum Gasteiger partial charge on any atom is -0.400 e. The Morgan fingerprint density at radius 1 is 1.19 bits per heavy atom. The molecular formula is C23H25NO4SSe2.